The number of benzene rings is 1. The first-order chi connectivity index (χ1) is 11.3. The Balaban J connectivity index is 1.77. The van der Waals surface area contributed by atoms with Gasteiger partial charge in [0.2, 0.25) is 0 Å². The van der Waals surface area contributed by atoms with Crippen molar-refractivity contribution in [1.82, 2.24) is 10.2 Å². The van der Waals surface area contributed by atoms with Gasteiger partial charge < -0.3 is 19.7 Å². The van der Waals surface area contributed by atoms with Crippen LogP contribution in [-0.4, -0.2) is 64.5 Å². The number of hydrogen-bond donors (Lipinski definition) is 1. The quantitative estimate of drug-likeness (QED) is 0.475. The van der Waals surface area contributed by atoms with E-state index in [0.29, 0.717) is 19.8 Å². The molecule has 0 saturated carbocycles. The zero-order valence-corrected chi connectivity index (χ0v) is 14.1. The van der Waals surface area contributed by atoms with Crippen molar-refractivity contribution in [1.29, 1.82) is 0 Å². The molecular formula is C18H27N3O2. The second-order valence-electron chi connectivity index (χ2n) is 5.37. The molecule has 0 aromatic heterocycles. The van der Waals surface area contributed by atoms with Crippen LogP contribution in [0.1, 0.15) is 12.0 Å². The van der Waals surface area contributed by atoms with Gasteiger partial charge in [-0.05, 0) is 17.6 Å². The van der Waals surface area contributed by atoms with Crippen molar-refractivity contribution in [3.8, 4) is 0 Å². The molecular weight excluding hydrogens is 290 g/mol. The minimum absolute atomic E-state index is 0.629. The lowest BCUT2D eigenvalue weighted by Gasteiger charge is -2.29. The number of nitrogens with one attached hydrogen (secondary N) is 1. The summed E-state index contributed by atoms with van der Waals surface area (Å²) in [6, 6.07) is 10.6. The predicted octanol–water partition coefficient (Wildman–Crippen LogP) is 2.01. The maximum absolute atomic E-state index is 5.46. The highest BCUT2D eigenvalue weighted by Crippen LogP contribution is 2.21. The van der Waals surface area contributed by atoms with E-state index >= 15 is 0 Å². The van der Waals surface area contributed by atoms with E-state index in [9.17, 15) is 0 Å². The maximum atomic E-state index is 5.46. The smallest absolute Gasteiger partial charge is 0.194 e. The van der Waals surface area contributed by atoms with Crippen LogP contribution in [0.5, 0.6) is 0 Å². The van der Waals surface area contributed by atoms with E-state index in [-0.39, 0.29) is 0 Å². The van der Waals surface area contributed by atoms with Crippen molar-refractivity contribution in [2.75, 3.05) is 53.6 Å². The van der Waals surface area contributed by atoms with E-state index in [1.54, 1.807) is 7.11 Å². The van der Waals surface area contributed by atoms with E-state index in [0.717, 1.165) is 32.0 Å². The lowest BCUT2D eigenvalue weighted by molar-refractivity contribution is 0.0731. The van der Waals surface area contributed by atoms with E-state index in [4.69, 9.17) is 9.47 Å². The number of nitrogens with zero attached hydrogens (tertiary/aromatic N) is 2. The van der Waals surface area contributed by atoms with Gasteiger partial charge in [-0.15, -0.1) is 0 Å². The Morgan fingerprint density at radius 3 is 2.70 bits per heavy atom. The molecule has 0 aliphatic carbocycles. The van der Waals surface area contributed by atoms with Crippen LogP contribution in [0, 0.1) is 0 Å². The highest BCUT2D eigenvalue weighted by atomic mass is 16.5. The number of methoxy groups -OCH3 is 1. The molecule has 2 rings (SSSR count). The molecule has 5 nitrogen and oxygen atoms in total. The summed E-state index contributed by atoms with van der Waals surface area (Å²) in [6.45, 7) is 4.53. The van der Waals surface area contributed by atoms with Gasteiger partial charge in [0, 0.05) is 33.8 Å². The topological polar surface area (TPSA) is 46.1 Å². The Bertz CT molecular complexity index is 514. The Morgan fingerprint density at radius 2 is 2.04 bits per heavy atom. The van der Waals surface area contributed by atoms with Crippen LogP contribution in [0.3, 0.4) is 0 Å². The van der Waals surface area contributed by atoms with Crippen molar-refractivity contribution in [2.24, 2.45) is 4.99 Å². The fourth-order valence-electron chi connectivity index (χ4n) is 2.59. The van der Waals surface area contributed by atoms with Gasteiger partial charge >= 0.3 is 0 Å². The summed E-state index contributed by atoms with van der Waals surface area (Å²) in [7, 11) is 3.50. The third-order valence-corrected chi connectivity index (χ3v) is 3.83. The molecule has 0 radical (unpaired) electrons. The summed E-state index contributed by atoms with van der Waals surface area (Å²) in [5.74, 6) is 0.934. The summed E-state index contributed by atoms with van der Waals surface area (Å²) in [5.41, 5.74) is 2.74. The number of hydrogen-bond acceptors (Lipinski definition) is 3. The normalized spacial score (nSPS) is 15.5. The number of guanidine groups is 1. The minimum atomic E-state index is 0.629. The summed E-state index contributed by atoms with van der Waals surface area (Å²) in [6.07, 6.45) is 3.33. The van der Waals surface area contributed by atoms with E-state index in [1.165, 1.54) is 11.1 Å². The minimum Gasteiger partial charge on any atom is -0.382 e. The van der Waals surface area contributed by atoms with Crippen molar-refractivity contribution in [3.05, 3.63) is 42.0 Å². The van der Waals surface area contributed by atoms with Crippen molar-refractivity contribution in [2.45, 2.75) is 6.42 Å². The maximum Gasteiger partial charge on any atom is 0.194 e. The molecule has 0 spiro atoms. The summed E-state index contributed by atoms with van der Waals surface area (Å²) in [5, 5.41) is 3.35. The standard InChI is InChI=1S/C18H27N3O2/c1-19-18(20-10-13-23-15-14-22-2)21-11-8-17(9-12-21)16-6-4-3-5-7-16/h3-8H,9-15H2,1-2H3,(H,19,20). The third kappa shape index (κ3) is 5.69. The molecule has 126 valence electrons. The molecule has 1 heterocycles. The summed E-state index contributed by atoms with van der Waals surface area (Å²) >= 11 is 0. The van der Waals surface area contributed by atoms with Crippen molar-refractivity contribution >= 4 is 11.5 Å². The van der Waals surface area contributed by atoms with E-state index in [2.05, 4.69) is 51.6 Å². The average Bonchev–Trinajstić information content (AvgIpc) is 2.62. The molecule has 5 heteroatoms. The van der Waals surface area contributed by atoms with Crippen LogP contribution in [0.15, 0.2) is 41.4 Å². The van der Waals surface area contributed by atoms with Gasteiger partial charge in [-0.3, -0.25) is 4.99 Å². The molecule has 0 unspecified atom stereocenters. The first kappa shape index (κ1) is 17.5. The molecule has 0 amide bonds. The Hall–Kier alpha value is -1.85. The van der Waals surface area contributed by atoms with E-state index < -0.39 is 0 Å². The van der Waals surface area contributed by atoms with Crippen LogP contribution in [0.2, 0.25) is 0 Å². The molecule has 0 atom stereocenters. The van der Waals surface area contributed by atoms with Gasteiger partial charge in [0.1, 0.15) is 0 Å². The largest absolute Gasteiger partial charge is 0.382 e. The second kappa shape index (κ2) is 10.0. The molecule has 23 heavy (non-hydrogen) atoms. The summed E-state index contributed by atoms with van der Waals surface area (Å²) < 4.78 is 10.4. The van der Waals surface area contributed by atoms with Crippen LogP contribution in [0.25, 0.3) is 5.57 Å². The number of ether oxygens (including phenoxy) is 2. The van der Waals surface area contributed by atoms with Crippen molar-refractivity contribution < 1.29 is 9.47 Å². The van der Waals surface area contributed by atoms with Crippen LogP contribution in [-0.2, 0) is 9.47 Å². The molecule has 1 N–H and O–H groups in total. The monoisotopic (exact) mass is 317 g/mol. The van der Waals surface area contributed by atoms with Gasteiger partial charge in [0.25, 0.3) is 0 Å². The Labute approximate surface area is 139 Å². The van der Waals surface area contributed by atoms with Gasteiger partial charge in [0.15, 0.2) is 5.96 Å². The fourth-order valence-corrected chi connectivity index (χ4v) is 2.59. The molecule has 0 fully saturated rings. The lowest BCUT2D eigenvalue weighted by atomic mass is 10.00. The number of rotatable bonds is 7. The second-order valence-corrected chi connectivity index (χ2v) is 5.37. The lowest BCUT2D eigenvalue weighted by Crippen LogP contribution is -2.44. The Morgan fingerprint density at radius 1 is 1.22 bits per heavy atom. The highest BCUT2D eigenvalue weighted by Gasteiger charge is 2.15. The first-order valence-corrected chi connectivity index (χ1v) is 8.12. The SMILES string of the molecule is CN=C(NCCOCCOC)N1CC=C(c2ccccc2)CC1. The van der Waals surface area contributed by atoms with Gasteiger partial charge in [-0.2, -0.15) is 0 Å². The predicted molar refractivity (Wildman–Crippen MR) is 94.7 cm³/mol. The number of aliphatic imine (C=N–C) groups is 1. The average molecular weight is 317 g/mol. The van der Waals surface area contributed by atoms with Gasteiger partial charge in [0.05, 0.1) is 19.8 Å². The summed E-state index contributed by atoms with van der Waals surface area (Å²) in [4.78, 5) is 6.63. The van der Waals surface area contributed by atoms with Crippen LogP contribution >= 0.6 is 0 Å². The van der Waals surface area contributed by atoms with E-state index in [1.807, 2.05) is 7.05 Å². The van der Waals surface area contributed by atoms with Crippen LogP contribution in [0.4, 0.5) is 0 Å². The molecule has 0 bridgehead atoms. The zero-order chi connectivity index (χ0) is 16.3. The molecule has 1 aliphatic heterocycles. The van der Waals surface area contributed by atoms with Gasteiger partial charge in [-0.25, -0.2) is 0 Å². The van der Waals surface area contributed by atoms with Crippen molar-refractivity contribution in [3.63, 3.8) is 0 Å². The highest BCUT2D eigenvalue weighted by molar-refractivity contribution is 5.81. The molecule has 1 aromatic carbocycles. The first-order valence-electron chi connectivity index (χ1n) is 8.12. The zero-order valence-electron chi connectivity index (χ0n) is 14.1. The molecule has 1 aromatic rings. The molecule has 1 aliphatic rings. The molecule has 0 saturated heterocycles. The third-order valence-electron chi connectivity index (χ3n) is 3.83. The fraction of sp³-hybridized carbons (Fsp3) is 0.500. The Kier molecular flexibility index (Phi) is 7.63. The van der Waals surface area contributed by atoms with Crippen LogP contribution < -0.4 is 5.32 Å². The van der Waals surface area contributed by atoms with Gasteiger partial charge in [-0.1, -0.05) is 36.4 Å².